The van der Waals surface area contributed by atoms with Gasteiger partial charge in [0.25, 0.3) is 0 Å². The summed E-state index contributed by atoms with van der Waals surface area (Å²) in [7, 11) is 0. The maximum Gasteiger partial charge on any atom is 0.303 e. The lowest BCUT2D eigenvalue weighted by Gasteiger charge is -2.42. The van der Waals surface area contributed by atoms with Gasteiger partial charge in [-0.2, -0.15) is 0 Å². The molecule has 1 aromatic rings. The van der Waals surface area contributed by atoms with Gasteiger partial charge in [0, 0.05) is 44.3 Å². The lowest BCUT2D eigenvalue weighted by atomic mass is 10.0. The van der Waals surface area contributed by atoms with Crippen molar-refractivity contribution in [1.29, 1.82) is 0 Å². The molecule has 1 amide bonds. The van der Waals surface area contributed by atoms with Gasteiger partial charge in [-0.1, -0.05) is 5.21 Å². The molecule has 1 aliphatic rings. The van der Waals surface area contributed by atoms with E-state index in [0.29, 0.717) is 25.2 Å². The summed E-state index contributed by atoms with van der Waals surface area (Å²) in [6, 6.07) is -0.433. The Balaban J connectivity index is 1.92. The minimum atomic E-state index is -0.870. The van der Waals surface area contributed by atoms with Gasteiger partial charge in [0.15, 0.2) is 0 Å². The minimum absolute atomic E-state index is 0.00971. The molecule has 1 atom stereocenters. The molecule has 1 N–H and O–H groups in total. The molecule has 0 unspecified atom stereocenters. The van der Waals surface area contributed by atoms with Crippen LogP contribution in [0.3, 0.4) is 0 Å². The molecular weight excluding hydrogens is 310 g/mol. The number of hydrogen-bond donors (Lipinski definition) is 1. The summed E-state index contributed by atoms with van der Waals surface area (Å²) >= 11 is 0. The van der Waals surface area contributed by atoms with Gasteiger partial charge in [-0.15, -0.1) is 5.10 Å². The van der Waals surface area contributed by atoms with Crippen LogP contribution in [0.25, 0.3) is 0 Å². The van der Waals surface area contributed by atoms with E-state index in [4.69, 9.17) is 5.11 Å². The number of carbonyl (C=O) groups excluding carboxylic acids is 1. The molecular formula is C16H27N5O3. The van der Waals surface area contributed by atoms with Gasteiger partial charge < -0.3 is 10.0 Å². The molecule has 1 fully saturated rings. The Labute approximate surface area is 142 Å². The molecule has 134 valence electrons. The van der Waals surface area contributed by atoms with Crippen molar-refractivity contribution in [2.24, 2.45) is 0 Å². The number of rotatable bonds is 5. The number of nitrogens with zero attached hydrogens (tertiary/aromatic N) is 5. The average molecular weight is 337 g/mol. The fourth-order valence-electron chi connectivity index (χ4n) is 2.83. The van der Waals surface area contributed by atoms with Crippen molar-refractivity contribution in [2.75, 3.05) is 26.2 Å². The van der Waals surface area contributed by atoms with Crippen molar-refractivity contribution >= 4 is 11.9 Å². The quantitative estimate of drug-likeness (QED) is 0.854. The SMILES string of the molecule is C[C@@H](C(=O)N1CCN(C(C)(C)C)CC1)n1cc(CCC(=O)O)nn1. The highest BCUT2D eigenvalue weighted by molar-refractivity contribution is 5.80. The molecule has 2 rings (SSSR count). The van der Waals surface area contributed by atoms with E-state index in [1.54, 1.807) is 13.1 Å². The highest BCUT2D eigenvalue weighted by Gasteiger charge is 2.30. The van der Waals surface area contributed by atoms with Gasteiger partial charge in [-0.3, -0.25) is 14.5 Å². The smallest absolute Gasteiger partial charge is 0.303 e. The first kappa shape index (κ1) is 18.4. The van der Waals surface area contributed by atoms with Gasteiger partial charge in [0.1, 0.15) is 6.04 Å². The molecule has 1 aliphatic heterocycles. The van der Waals surface area contributed by atoms with E-state index in [-0.39, 0.29) is 17.9 Å². The van der Waals surface area contributed by atoms with Crippen molar-refractivity contribution in [3.8, 4) is 0 Å². The molecule has 1 saturated heterocycles. The van der Waals surface area contributed by atoms with Gasteiger partial charge in [0.05, 0.1) is 12.1 Å². The van der Waals surface area contributed by atoms with Crippen LogP contribution < -0.4 is 0 Å². The third-order valence-electron chi connectivity index (χ3n) is 4.45. The fraction of sp³-hybridized carbons (Fsp3) is 0.750. The number of aromatic nitrogens is 3. The van der Waals surface area contributed by atoms with Crippen LogP contribution in [0.1, 0.15) is 45.9 Å². The van der Waals surface area contributed by atoms with Crippen LogP contribution in [0, 0.1) is 0 Å². The van der Waals surface area contributed by atoms with Crippen molar-refractivity contribution < 1.29 is 14.7 Å². The van der Waals surface area contributed by atoms with E-state index in [2.05, 4.69) is 36.0 Å². The van der Waals surface area contributed by atoms with Gasteiger partial charge in [0.2, 0.25) is 5.91 Å². The number of carboxylic acids is 1. The number of hydrogen-bond acceptors (Lipinski definition) is 5. The molecule has 24 heavy (non-hydrogen) atoms. The third kappa shape index (κ3) is 4.53. The second kappa shape index (κ2) is 7.29. The first-order valence-corrected chi connectivity index (χ1v) is 8.35. The van der Waals surface area contributed by atoms with Gasteiger partial charge in [-0.25, -0.2) is 4.68 Å². The predicted molar refractivity (Wildman–Crippen MR) is 88.6 cm³/mol. The first-order valence-electron chi connectivity index (χ1n) is 8.35. The maximum absolute atomic E-state index is 12.7. The molecule has 0 spiro atoms. The van der Waals surface area contributed by atoms with E-state index in [1.807, 2.05) is 4.90 Å². The van der Waals surface area contributed by atoms with Crippen LogP contribution in [0.15, 0.2) is 6.20 Å². The van der Waals surface area contributed by atoms with Crippen molar-refractivity contribution in [3.05, 3.63) is 11.9 Å². The molecule has 8 nitrogen and oxygen atoms in total. The molecule has 0 saturated carbocycles. The summed E-state index contributed by atoms with van der Waals surface area (Å²) in [5.41, 5.74) is 0.709. The summed E-state index contributed by atoms with van der Waals surface area (Å²) in [5.74, 6) is -0.844. The average Bonchev–Trinajstić information content (AvgIpc) is 2.99. The van der Waals surface area contributed by atoms with E-state index in [1.165, 1.54) is 4.68 Å². The summed E-state index contributed by atoms with van der Waals surface area (Å²) in [5, 5.41) is 16.6. The first-order chi connectivity index (χ1) is 11.2. The van der Waals surface area contributed by atoms with E-state index in [9.17, 15) is 9.59 Å². The van der Waals surface area contributed by atoms with Crippen molar-refractivity contribution in [3.63, 3.8) is 0 Å². The lowest BCUT2D eigenvalue weighted by molar-refractivity contribution is -0.138. The molecule has 2 heterocycles. The largest absolute Gasteiger partial charge is 0.481 e. The second-order valence-corrected chi connectivity index (χ2v) is 7.24. The Morgan fingerprint density at radius 3 is 2.42 bits per heavy atom. The molecule has 0 bridgehead atoms. The number of piperazine rings is 1. The molecule has 1 aromatic heterocycles. The predicted octanol–water partition coefficient (Wildman–Crippen LogP) is 0.799. The third-order valence-corrected chi connectivity index (χ3v) is 4.45. The summed E-state index contributed by atoms with van der Waals surface area (Å²) < 4.78 is 1.52. The number of aliphatic carboxylic acids is 1. The van der Waals surface area contributed by atoms with Crippen molar-refractivity contribution in [1.82, 2.24) is 24.8 Å². The van der Waals surface area contributed by atoms with Gasteiger partial charge >= 0.3 is 5.97 Å². The summed E-state index contributed by atoms with van der Waals surface area (Å²) in [6.07, 6.45) is 1.99. The Morgan fingerprint density at radius 2 is 1.88 bits per heavy atom. The standard InChI is InChI=1S/C16H27N5O3/c1-12(21-11-13(17-18-21)5-6-14(22)23)15(24)19-7-9-20(10-8-19)16(2,3)4/h11-12H,5-10H2,1-4H3,(H,22,23)/t12-/m0/s1. The molecule has 8 heteroatoms. The number of amides is 1. The summed E-state index contributed by atoms with van der Waals surface area (Å²) in [4.78, 5) is 27.5. The number of carbonyl (C=O) groups is 2. The van der Waals surface area contributed by atoms with E-state index < -0.39 is 12.0 Å². The van der Waals surface area contributed by atoms with E-state index >= 15 is 0 Å². The number of carboxylic acid groups (broad SMARTS) is 1. The van der Waals surface area contributed by atoms with Crippen LogP contribution in [-0.4, -0.2) is 73.5 Å². The Hall–Kier alpha value is -1.96. The van der Waals surface area contributed by atoms with Crippen LogP contribution >= 0.6 is 0 Å². The Morgan fingerprint density at radius 1 is 1.25 bits per heavy atom. The van der Waals surface area contributed by atoms with Crippen molar-refractivity contribution in [2.45, 2.75) is 52.1 Å². The fourth-order valence-corrected chi connectivity index (χ4v) is 2.83. The Bertz CT molecular complexity index is 585. The van der Waals surface area contributed by atoms with Crippen LogP contribution in [0.4, 0.5) is 0 Å². The Kier molecular flexibility index (Phi) is 5.58. The zero-order valence-corrected chi connectivity index (χ0v) is 14.9. The highest BCUT2D eigenvalue weighted by atomic mass is 16.4. The normalized spacial score (nSPS) is 17.8. The maximum atomic E-state index is 12.7. The van der Waals surface area contributed by atoms with Gasteiger partial charge in [-0.05, 0) is 27.7 Å². The lowest BCUT2D eigenvalue weighted by Crippen LogP contribution is -2.55. The zero-order valence-electron chi connectivity index (χ0n) is 14.9. The topological polar surface area (TPSA) is 91.6 Å². The molecule has 0 aliphatic carbocycles. The molecule has 0 radical (unpaired) electrons. The van der Waals surface area contributed by atoms with Crippen LogP contribution in [-0.2, 0) is 16.0 Å². The van der Waals surface area contributed by atoms with E-state index in [0.717, 1.165) is 13.1 Å². The summed E-state index contributed by atoms with van der Waals surface area (Å²) in [6.45, 7) is 11.5. The highest BCUT2D eigenvalue weighted by Crippen LogP contribution is 2.18. The van der Waals surface area contributed by atoms with Crippen LogP contribution in [0.5, 0.6) is 0 Å². The van der Waals surface area contributed by atoms with Crippen LogP contribution in [0.2, 0.25) is 0 Å². The molecule has 0 aromatic carbocycles. The second-order valence-electron chi connectivity index (χ2n) is 7.24. The monoisotopic (exact) mass is 337 g/mol. The zero-order chi connectivity index (χ0) is 17.9. The minimum Gasteiger partial charge on any atom is -0.481 e. The number of aryl methyl sites for hydroxylation is 1.